The van der Waals surface area contributed by atoms with Gasteiger partial charge in [0.2, 0.25) is 0 Å². The van der Waals surface area contributed by atoms with Crippen LogP contribution in [0.2, 0.25) is 0 Å². The molecule has 1 nitrogen and oxygen atoms in total. The van der Waals surface area contributed by atoms with E-state index in [1.807, 2.05) is 91.0 Å². The van der Waals surface area contributed by atoms with Gasteiger partial charge in [-0.3, -0.25) is 0 Å². The van der Waals surface area contributed by atoms with Crippen LogP contribution in [0.25, 0.3) is 0 Å². The van der Waals surface area contributed by atoms with E-state index in [1.165, 1.54) is 0 Å². The molecule has 0 aliphatic carbocycles. The molecule has 1 N–H and O–H groups in total. The SMILES string of the molecule is OC(c1ccccc1)(c1ccccc1)c1ccccc1.[Sn]. The standard InChI is InChI=1S/C19H16O.Sn/c20-19(16-10-4-1-5-11-16,17-12-6-2-7-13-17)18-14-8-3-9-15-18;/h1-15,20H;. The molecule has 0 spiro atoms. The summed E-state index contributed by atoms with van der Waals surface area (Å²) in [5.41, 5.74) is 1.50. The molecule has 0 aromatic heterocycles. The first-order valence-electron chi connectivity index (χ1n) is 6.71. The average molecular weight is 379 g/mol. The van der Waals surface area contributed by atoms with Gasteiger partial charge in [-0.05, 0) is 16.7 Å². The first-order chi connectivity index (χ1) is 9.82. The van der Waals surface area contributed by atoms with Gasteiger partial charge in [-0.15, -0.1) is 0 Å². The molecule has 0 fully saturated rings. The molecule has 0 bridgehead atoms. The van der Waals surface area contributed by atoms with E-state index in [2.05, 4.69) is 0 Å². The van der Waals surface area contributed by atoms with Crippen molar-refractivity contribution in [3.05, 3.63) is 108 Å². The van der Waals surface area contributed by atoms with Gasteiger partial charge in [-0.25, -0.2) is 0 Å². The molecule has 0 aliphatic heterocycles. The van der Waals surface area contributed by atoms with Crippen LogP contribution in [0.1, 0.15) is 16.7 Å². The Bertz CT molecular complexity index is 569. The van der Waals surface area contributed by atoms with Gasteiger partial charge >= 0.3 is 0 Å². The van der Waals surface area contributed by atoms with Gasteiger partial charge < -0.3 is 5.11 Å². The predicted octanol–water partition coefficient (Wildman–Crippen LogP) is 3.59. The summed E-state index contributed by atoms with van der Waals surface area (Å²) in [7, 11) is 0. The second-order valence-electron chi connectivity index (χ2n) is 4.81. The summed E-state index contributed by atoms with van der Waals surface area (Å²) >= 11 is 0. The average Bonchev–Trinajstić information content (AvgIpc) is 2.56. The Morgan fingerprint density at radius 1 is 0.476 bits per heavy atom. The fourth-order valence-corrected chi connectivity index (χ4v) is 2.54. The van der Waals surface area contributed by atoms with Gasteiger partial charge in [0.05, 0.1) is 0 Å². The Kier molecular flexibility index (Phi) is 5.21. The molecule has 4 radical (unpaired) electrons. The molecule has 0 unspecified atom stereocenters. The van der Waals surface area contributed by atoms with Crippen LogP contribution >= 0.6 is 0 Å². The number of rotatable bonds is 3. The molecule has 0 aliphatic rings. The minimum absolute atomic E-state index is 0. The zero-order valence-corrected chi connectivity index (χ0v) is 14.5. The third-order valence-electron chi connectivity index (χ3n) is 3.57. The van der Waals surface area contributed by atoms with Gasteiger partial charge in [-0.1, -0.05) is 91.0 Å². The molecule has 0 saturated carbocycles. The van der Waals surface area contributed by atoms with E-state index in [4.69, 9.17) is 0 Å². The molecule has 0 saturated heterocycles. The van der Waals surface area contributed by atoms with Crippen molar-refractivity contribution in [3.8, 4) is 0 Å². The summed E-state index contributed by atoms with van der Waals surface area (Å²) in [5, 5.41) is 11.4. The van der Waals surface area contributed by atoms with E-state index in [1.54, 1.807) is 0 Å². The molecule has 0 heterocycles. The minimum atomic E-state index is -1.12. The second-order valence-corrected chi connectivity index (χ2v) is 4.81. The van der Waals surface area contributed by atoms with Gasteiger partial charge in [0.1, 0.15) is 5.60 Å². The quantitative estimate of drug-likeness (QED) is 0.545. The maximum absolute atomic E-state index is 11.4. The molecule has 3 aromatic carbocycles. The van der Waals surface area contributed by atoms with Crippen molar-refractivity contribution in [3.63, 3.8) is 0 Å². The molecule has 21 heavy (non-hydrogen) atoms. The van der Waals surface area contributed by atoms with Crippen molar-refractivity contribution < 1.29 is 5.11 Å². The third kappa shape index (κ3) is 3.04. The molecule has 3 aromatic rings. The number of hydrogen-bond donors (Lipinski definition) is 1. The zero-order valence-electron chi connectivity index (χ0n) is 11.6. The Labute approximate surface area is 142 Å². The van der Waals surface area contributed by atoms with E-state index < -0.39 is 5.60 Å². The molecular weight excluding hydrogens is 363 g/mol. The zero-order chi connectivity index (χ0) is 13.8. The van der Waals surface area contributed by atoms with Gasteiger partial charge in [0.15, 0.2) is 0 Å². The van der Waals surface area contributed by atoms with Gasteiger partial charge in [-0.2, -0.15) is 0 Å². The predicted molar refractivity (Wildman–Crippen MR) is 87.2 cm³/mol. The Morgan fingerprint density at radius 3 is 0.952 bits per heavy atom. The van der Waals surface area contributed by atoms with Crippen LogP contribution in [0.5, 0.6) is 0 Å². The van der Waals surface area contributed by atoms with Gasteiger partial charge in [0, 0.05) is 23.9 Å². The van der Waals surface area contributed by atoms with E-state index in [0.717, 1.165) is 16.7 Å². The third-order valence-corrected chi connectivity index (χ3v) is 3.57. The summed E-state index contributed by atoms with van der Waals surface area (Å²) in [4.78, 5) is 0. The monoisotopic (exact) mass is 380 g/mol. The van der Waals surface area contributed by atoms with Crippen molar-refractivity contribution >= 4 is 23.9 Å². The molecule has 0 atom stereocenters. The van der Waals surface area contributed by atoms with E-state index in [0.29, 0.717) is 0 Å². The molecule has 0 amide bonds. The summed E-state index contributed by atoms with van der Waals surface area (Å²) < 4.78 is 0. The van der Waals surface area contributed by atoms with Crippen LogP contribution in [0.4, 0.5) is 0 Å². The van der Waals surface area contributed by atoms with Crippen molar-refractivity contribution in [1.29, 1.82) is 0 Å². The number of hydrogen-bond acceptors (Lipinski definition) is 1. The van der Waals surface area contributed by atoms with Crippen LogP contribution in [0.3, 0.4) is 0 Å². The fourth-order valence-electron chi connectivity index (χ4n) is 2.54. The Balaban J connectivity index is 0.00000161. The van der Waals surface area contributed by atoms with Crippen molar-refractivity contribution in [1.82, 2.24) is 0 Å². The first-order valence-corrected chi connectivity index (χ1v) is 6.71. The maximum atomic E-state index is 11.4. The largest absolute Gasteiger partial charge is 0.376 e. The van der Waals surface area contributed by atoms with Crippen molar-refractivity contribution in [2.75, 3.05) is 0 Å². The number of benzene rings is 3. The van der Waals surface area contributed by atoms with Crippen LogP contribution in [0, 0.1) is 0 Å². The maximum Gasteiger partial charge on any atom is 0.140 e. The minimum Gasteiger partial charge on any atom is -0.376 e. The summed E-state index contributed by atoms with van der Waals surface area (Å²) in [6.45, 7) is 0. The molecule has 3 rings (SSSR count). The fraction of sp³-hybridized carbons (Fsp3) is 0.0526. The Hall–Kier alpha value is -1.58. The summed E-state index contributed by atoms with van der Waals surface area (Å²) in [6, 6.07) is 29.3. The van der Waals surface area contributed by atoms with Crippen LogP contribution in [0.15, 0.2) is 91.0 Å². The number of aliphatic hydroxyl groups is 1. The smallest absolute Gasteiger partial charge is 0.140 e. The molecular formula is C19H16OSn. The normalized spacial score (nSPS) is 10.7. The van der Waals surface area contributed by atoms with Crippen LogP contribution in [-0.4, -0.2) is 29.0 Å². The molecule has 2 heteroatoms. The summed E-state index contributed by atoms with van der Waals surface area (Å²) in [6.07, 6.45) is 0. The topological polar surface area (TPSA) is 20.2 Å². The van der Waals surface area contributed by atoms with Crippen molar-refractivity contribution in [2.45, 2.75) is 5.60 Å². The van der Waals surface area contributed by atoms with E-state index >= 15 is 0 Å². The second kappa shape index (κ2) is 6.92. The first kappa shape index (κ1) is 15.8. The van der Waals surface area contributed by atoms with Gasteiger partial charge in [0.25, 0.3) is 0 Å². The Morgan fingerprint density at radius 2 is 0.714 bits per heavy atom. The molecule has 102 valence electrons. The van der Waals surface area contributed by atoms with Crippen molar-refractivity contribution in [2.24, 2.45) is 0 Å². The van der Waals surface area contributed by atoms with E-state index in [-0.39, 0.29) is 23.9 Å². The van der Waals surface area contributed by atoms with Crippen LogP contribution in [-0.2, 0) is 5.60 Å². The van der Waals surface area contributed by atoms with Crippen LogP contribution < -0.4 is 0 Å². The van der Waals surface area contributed by atoms with E-state index in [9.17, 15) is 5.11 Å². The summed E-state index contributed by atoms with van der Waals surface area (Å²) in [5.74, 6) is 0.